The summed E-state index contributed by atoms with van der Waals surface area (Å²) < 4.78 is 6.64. The van der Waals surface area contributed by atoms with Crippen molar-refractivity contribution in [1.82, 2.24) is 0 Å². The highest BCUT2D eigenvalue weighted by molar-refractivity contribution is 9.10. The molecule has 0 bridgehead atoms. The number of halogens is 1. The van der Waals surface area contributed by atoms with Crippen LogP contribution in [-0.2, 0) is 0 Å². The lowest BCUT2D eigenvalue weighted by Crippen LogP contribution is -2.05. The Balaban J connectivity index is 2.26. The Morgan fingerprint density at radius 3 is 2.52 bits per heavy atom. The zero-order valence-electron chi connectivity index (χ0n) is 11.7. The van der Waals surface area contributed by atoms with Gasteiger partial charge in [0.1, 0.15) is 11.5 Å². The molecule has 0 radical (unpaired) electrons. The predicted molar refractivity (Wildman–Crippen MR) is 84.7 cm³/mol. The minimum atomic E-state index is -0.426. The maximum atomic E-state index is 10.7. The Morgan fingerprint density at radius 2 is 2.00 bits per heavy atom. The topological polar surface area (TPSA) is 78.4 Å². The van der Waals surface area contributed by atoms with Gasteiger partial charge >= 0.3 is 0 Å². The highest BCUT2D eigenvalue weighted by Gasteiger charge is 2.11. The van der Waals surface area contributed by atoms with E-state index in [1.165, 1.54) is 12.1 Å². The number of ether oxygens (including phenoxy) is 1. The third kappa shape index (κ3) is 3.59. The van der Waals surface area contributed by atoms with Crippen LogP contribution < -0.4 is 10.5 Å². The molecule has 5 nitrogen and oxygen atoms in total. The smallest absolute Gasteiger partial charge is 0.269 e. The van der Waals surface area contributed by atoms with Crippen LogP contribution in [0.5, 0.6) is 11.5 Å². The first-order chi connectivity index (χ1) is 9.88. The average Bonchev–Trinajstić information content (AvgIpc) is 2.40. The van der Waals surface area contributed by atoms with Gasteiger partial charge in [0.05, 0.1) is 4.92 Å². The molecule has 0 heterocycles. The van der Waals surface area contributed by atoms with E-state index >= 15 is 0 Å². The summed E-state index contributed by atoms with van der Waals surface area (Å²) in [6, 6.07) is 9.98. The van der Waals surface area contributed by atoms with Crippen LogP contribution in [0.15, 0.2) is 40.9 Å². The van der Waals surface area contributed by atoms with Crippen molar-refractivity contribution in [2.24, 2.45) is 5.73 Å². The van der Waals surface area contributed by atoms with Crippen molar-refractivity contribution in [3.05, 3.63) is 62.1 Å². The number of aryl methyl sites for hydroxylation is 1. The van der Waals surface area contributed by atoms with Crippen molar-refractivity contribution < 1.29 is 9.66 Å². The molecule has 0 saturated carbocycles. The lowest BCUT2D eigenvalue weighted by molar-refractivity contribution is -0.384. The second-order valence-corrected chi connectivity index (χ2v) is 5.64. The molecule has 2 rings (SSSR count). The molecule has 0 amide bonds. The highest BCUT2D eigenvalue weighted by Crippen LogP contribution is 2.32. The summed E-state index contributed by atoms with van der Waals surface area (Å²) in [4.78, 5) is 10.3. The highest BCUT2D eigenvalue weighted by atomic mass is 79.9. The third-order valence-corrected chi connectivity index (χ3v) is 3.75. The summed E-state index contributed by atoms with van der Waals surface area (Å²) in [5.74, 6) is 1.23. The normalized spacial score (nSPS) is 12.0. The molecule has 2 aromatic carbocycles. The largest absolute Gasteiger partial charge is 0.457 e. The van der Waals surface area contributed by atoms with Crippen molar-refractivity contribution in [2.45, 2.75) is 19.9 Å². The van der Waals surface area contributed by atoms with E-state index in [1.54, 1.807) is 13.0 Å². The van der Waals surface area contributed by atoms with E-state index < -0.39 is 4.92 Å². The van der Waals surface area contributed by atoms with Gasteiger partial charge in [0, 0.05) is 22.6 Å². The van der Waals surface area contributed by atoms with E-state index in [1.807, 2.05) is 25.1 Å². The first-order valence-corrected chi connectivity index (χ1v) is 7.15. The van der Waals surface area contributed by atoms with Gasteiger partial charge in [-0.25, -0.2) is 0 Å². The molecule has 0 saturated heterocycles. The van der Waals surface area contributed by atoms with Crippen LogP contribution in [0.4, 0.5) is 5.69 Å². The minimum Gasteiger partial charge on any atom is -0.457 e. The van der Waals surface area contributed by atoms with Crippen LogP contribution in [0.1, 0.15) is 24.1 Å². The number of non-ortho nitro benzene ring substituents is 1. The molecule has 6 heteroatoms. The van der Waals surface area contributed by atoms with E-state index in [4.69, 9.17) is 10.5 Å². The van der Waals surface area contributed by atoms with Gasteiger partial charge in [-0.05, 0) is 43.2 Å². The quantitative estimate of drug-likeness (QED) is 0.651. The first-order valence-electron chi connectivity index (χ1n) is 6.36. The van der Waals surface area contributed by atoms with Crippen molar-refractivity contribution in [2.75, 3.05) is 0 Å². The number of nitro benzene ring substituents is 1. The number of nitrogens with zero attached hydrogens (tertiary/aromatic N) is 1. The van der Waals surface area contributed by atoms with Crippen LogP contribution in [-0.4, -0.2) is 4.92 Å². The fourth-order valence-electron chi connectivity index (χ4n) is 1.93. The lowest BCUT2D eigenvalue weighted by Gasteiger charge is -2.12. The fraction of sp³-hybridized carbons (Fsp3) is 0.200. The molecular formula is C15H15BrN2O3. The maximum absolute atomic E-state index is 10.7. The van der Waals surface area contributed by atoms with E-state index in [0.717, 1.165) is 10.0 Å². The van der Waals surface area contributed by atoms with Crippen molar-refractivity contribution in [3.8, 4) is 11.5 Å². The third-order valence-electron chi connectivity index (χ3n) is 3.06. The number of nitrogens with two attached hydrogens (primary N) is 1. The molecule has 0 spiro atoms. The van der Waals surface area contributed by atoms with Gasteiger partial charge in [0.15, 0.2) is 0 Å². The molecule has 110 valence electrons. The molecule has 0 aliphatic rings. The van der Waals surface area contributed by atoms with Gasteiger partial charge in [-0.1, -0.05) is 22.0 Å². The van der Waals surface area contributed by atoms with Gasteiger partial charge in [-0.3, -0.25) is 10.1 Å². The van der Waals surface area contributed by atoms with Crippen molar-refractivity contribution in [1.29, 1.82) is 0 Å². The number of hydrogen-bond donors (Lipinski definition) is 1. The van der Waals surface area contributed by atoms with E-state index in [9.17, 15) is 10.1 Å². The summed E-state index contributed by atoms with van der Waals surface area (Å²) >= 11 is 3.46. The fourth-order valence-corrected chi connectivity index (χ4v) is 2.65. The molecule has 0 aliphatic carbocycles. The summed E-state index contributed by atoms with van der Waals surface area (Å²) in [5, 5.41) is 10.7. The number of benzene rings is 2. The van der Waals surface area contributed by atoms with E-state index in [-0.39, 0.29) is 11.7 Å². The Bertz CT molecular complexity index is 687. The van der Waals surface area contributed by atoms with Gasteiger partial charge < -0.3 is 10.5 Å². The molecule has 0 fully saturated rings. The van der Waals surface area contributed by atoms with Crippen molar-refractivity contribution in [3.63, 3.8) is 0 Å². The average molecular weight is 351 g/mol. The van der Waals surface area contributed by atoms with Crippen LogP contribution in [0.2, 0.25) is 0 Å². The monoisotopic (exact) mass is 350 g/mol. The summed E-state index contributed by atoms with van der Waals surface area (Å²) in [6.45, 7) is 3.68. The summed E-state index contributed by atoms with van der Waals surface area (Å²) in [6.07, 6.45) is 0. The SMILES string of the molecule is Cc1cc([N+](=O)[O-])ccc1Oc1ccc([C@@H](C)N)c(Br)c1. The summed E-state index contributed by atoms with van der Waals surface area (Å²) in [7, 11) is 0. The molecule has 1 atom stereocenters. The van der Waals surface area contributed by atoms with Gasteiger partial charge in [0.2, 0.25) is 0 Å². The Hall–Kier alpha value is -1.92. The zero-order valence-corrected chi connectivity index (χ0v) is 13.3. The van der Waals surface area contributed by atoms with Gasteiger partial charge in [0.25, 0.3) is 5.69 Å². The van der Waals surface area contributed by atoms with Gasteiger partial charge in [-0.15, -0.1) is 0 Å². The predicted octanol–water partition coefficient (Wildman–Crippen LogP) is 4.48. The standard InChI is InChI=1S/C15H15BrN2O3/c1-9-7-11(18(19)20)3-6-15(9)21-12-4-5-13(10(2)17)14(16)8-12/h3-8,10H,17H2,1-2H3/t10-/m1/s1. The van der Waals surface area contributed by atoms with Crippen LogP contribution in [0.3, 0.4) is 0 Å². The first kappa shape index (κ1) is 15.5. The minimum absolute atomic E-state index is 0.0494. The van der Waals surface area contributed by atoms with Crippen LogP contribution in [0.25, 0.3) is 0 Å². The number of nitro groups is 1. The Kier molecular flexibility index (Phi) is 4.59. The molecule has 2 N–H and O–H groups in total. The second kappa shape index (κ2) is 6.24. The molecule has 0 unspecified atom stereocenters. The molecule has 2 aromatic rings. The van der Waals surface area contributed by atoms with E-state index in [2.05, 4.69) is 15.9 Å². The lowest BCUT2D eigenvalue weighted by atomic mass is 10.1. The van der Waals surface area contributed by atoms with Crippen molar-refractivity contribution >= 4 is 21.6 Å². The molecule has 0 aromatic heterocycles. The van der Waals surface area contributed by atoms with Crippen LogP contribution in [0, 0.1) is 17.0 Å². The number of rotatable bonds is 4. The van der Waals surface area contributed by atoms with Crippen LogP contribution >= 0.6 is 15.9 Å². The molecular weight excluding hydrogens is 336 g/mol. The van der Waals surface area contributed by atoms with Gasteiger partial charge in [-0.2, -0.15) is 0 Å². The Morgan fingerprint density at radius 1 is 1.29 bits per heavy atom. The van der Waals surface area contributed by atoms with E-state index in [0.29, 0.717) is 17.1 Å². The zero-order chi connectivity index (χ0) is 15.6. The number of hydrogen-bond acceptors (Lipinski definition) is 4. The second-order valence-electron chi connectivity index (χ2n) is 4.78. The summed E-state index contributed by atoms with van der Waals surface area (Å²) in [5.41, 5.74) is 7.59. The Labute approximate surface area is 131 Å². The maximum Gasteiger partial charge on any atom is 0.269 e. The molecule has 21 heavy (non-hydrogen) atoms. The molecule has 0 aliphatic heterocycles.